The molecule has 0 saturated heterocycles. The van der Waals surface area contributed by atoms with E-state index in [9.17, 15) is 9.59 Å². The van der Waals surface area contributed by atoms with Gasteiger partial charge in [0.1, 0.15) is 24.1 Å². The summed E-state index contributed by atoms with van der Waals surface area (Å²) in [5, 5.41) is 11.3. The SMILES string of the molecule is CCO[Si](CCCn1cc(COc2c(C)cc(NC(=O)[C@H](C(C)C)N(C)C=O)cc2C)nn1)(OC)OC. The van der Waals surface area contributed by atoms with Crippen molar-refractivity contribution in [2.24, 2.45) is 5.92 Å². The van der Waals surface area contributed by atoms with E-state index in [4.69, 9.17) is 18.0 Å². The second-order valence-electron chi connectivity index (χ2n) is 9.28. The average Bonchev–Trinajstić information content (AvgIpc) is 3.30. The fraction of sp³-hybridized carbons (Fsp3) is 0.600. The number of carbonyl (C=O) groups excluding carboxylic acids is 2. The van der Waals surface area contributed by atoms with Crippen molar-refractivity contribution in [2.75, 3.05) is 33.2 Å². The molecule has 0 aliphatic heterocycles. The molecule has 0 aliphatic rings. The molecule has 37 heavy (non-hydrogen) atoms. The molecule has 1 aromatic carbocycles. The van der Waals surface area contributed by atoms with Gasteiger partial charge in [-0.05, 0) is 56.4 Å². The zero-order valence-electron chi connectivity index (χ0n) is 23.2. The van der Waals surface area contributed by atoms with Gasteiger partial charge in [0.25, 0.3) is 0 Å². The summed E-state index contributed by atoms with van der Waals surface area (Å²) in [6.07, 6.45) is 3.31. The van der Waals surface area contributed by atoms with Gasteiger partial charge in [-0.15, -0.1) is 5.10 Å². The molecular weight excluding hydrogens is 494 g/mol. The van der Waals surface area contributed by atoms with Crippen LogP contribution in [0.15, 0.2) is 18.3 Å². The maximum absolute atomic E-state index is 12.8. The van der Waals surface area contributed by atoms with Crippen LogP contribution in [0.4, 0.5) is 5.69 Å². The van der Waals surface area contributed by atoms with Gasteiger partial charge in [-0.3, -0.25) is 14.3 Å². The Balaban J connectivity index is 1.98. The molecule has 2 rings (SSSR count). The third-order valence-electron chi connectivity index (χ3n) is 6.04. The number of benzene rings is 1. The number of hydrogen-bond acceptors (Lipinski definition) is 8. The molecule has 1 aromatic heterocycles. The first kappa shape index (κ1) is 30.4. The van der Waals surface area contributed by atoms with Crippen LogP contribution in [0.5, 0.6) is 5.75 Å². The normalized spacial score (nSPS) is 12.5. The summed E-state index contributed by atoms with van der Waals surface area (Å²) in [4.78, 5) is 25.4. The number of rotatable bonds is 16. The predicted molar refractivity (Wildman–Crippen MR) is 142 cm³/mol. The van der Waals surface area contributed by atoms with E-state index in [-0.39, 0.29) is 18.4 Å². The van der Waals surface area contributed by atoms with Gasteiger partial charge in [0.05, 0.1) is 6.20 Å². The maximum atomic E-state index is 12.8. The van der Waals surface area contributed by atoms with Crippen LogP contribution in [0, 0.1) is 19.8 Å². The number of likely N-dealkylation sites (N-methyl/N-ethyl adjacent to an activating group) is 1. The van der Waals surface area contributed by atoms with Crippen molar-refractivity contribution in [3.63, 3.8) is 0 Å². The van der Waals surface area contributed by atoms with Crippen LogP contribution < -0.4 is 10.1 Å². The first-order chi connectivity index (χ1) is 17.6. The molecule has 12 heteroatoms. The Kier molecular flexibility index (Phi) is 11.7. The Labute approximate surface area is 220 Å². The molecule has 11 nitrogen and oxygen atoms in total. The standard InChI is InChI=1S/C25H41N5O6Si/c1-9-36-37(33-7,34-8)12-10-11-30-15-22(27-28-30)16-35-24-19(4)13-21(14-20(24)5)26-25(32)23(18(2)3)29(6)17-31/h13-15,17-18,23H,9-12,16H2,1-8H3,(H,26,32)/t23-/m0/s1. The molecule has 1 N–H and O–H groups in total. The Bertz CT molecular complexity index is 1000. The molecule has 0 saturated carbocycles. The molecule has 1 heterocycles. The second kappa shape index (κ2) is 14.2. The van der Waals surface area contributed by atoms with Crippen LogP contribution in [-0.2, 0) is 36.0 Å². The lowest BCUT2D eigenvalue weighted by Crippen LogP contribution is -2.44. The fourth-order valence-corrected chi connectivity index (χ4v) is 6.29. The lowest BCUT2D eigenvalue weighted by Gasteiger charge is -2.27. The highest BCUT2D eigenvalue weighted by Crippen LogP contribution is 2.28. The van der Waals surface area contributed by atoms with E-state index >= 15 is 0 Å². The van der Waals surface area contributed by atoms with E-state index in [1.54, 1.807) is 25.9 Å². The lowest BCUT2D eigenvalue weighted by atomic mass is 10.0. The zero-order chi connectivity index (χ0) is 27.6. The Morgan fingerprint density at radius 1 is 1.22 bits per heavy atom. The van der Waals surface area contributed by atoms with Crippen LogP contribution in [0.3, 0.4) is 0 Å². The molecule has 206 valence electrons. The van der Waals surface area contributed by atoms with Crippen LogP contribution in [0.2, 0.25) is 6.04 Å². The highest BCUT2D eigenvalue weighted by Gasteiger charge is 2.37. The summed E-state index contributed by atoms with van der Waals surface area (Å²) < 4.78 is 24.6. The van der Waals surface area contributed by atoms with E-state index < -0.39 is 14.8 Å². The number of nitrogens with zero attached hydrogens (tertiary/aromatic N) is 4. The van der Waals surface area contributed by atoms with Crippen molar-refractivity contribution >= 4 is 26.8 Å². The monoisotopic (exact) mass is 535 g/mol. The number of anilines is 1. The van der Waals surface area contributed by atoms with E-state index in [2.05, 4.69) is 15.6 Å². The van der Waals surface area contributed by atoms with Crippen molar-refractivity contribution in [1.29, 1.82) is 0 Å². The van der Waals surface area contributed by atoms with Crippen molar-refractivity contribution in [3.05, 3.63) is 35.2 Å². The minimum Gasteiger partial charge on any atom is -0.487 e. The van der Waals surface area contributed by atoms with Gasteiger partial charge in [-0.25, -0.2) is 0 Å². The first-order valence-electron chi connectivity index (χ1n) is 12.4. The molecule has 0 spiro atoms. The Morgan fingerprint density at radius 3 is 2.41 bits per heavy atom. The summed E-state index contributed by atoms with van der Waals surface area (Å²) in [5.74, 6) is 0.471. The van der Waals surface area contributed by atoms with Gasteiger partial charge in [-0.1, -0.05) is 19.1 Å². The Morgan fingerprint density at radius 2 is 1.86 bits per heavy atom. The van der Waals surface area contributed by atoms with E-state index in [0.717, 1.165) is 23.3 Å². The van der Waals surface area contributed by atoms with Gasteiger partial charge in [0.15, 0.2) is 0 Å². The lowest BCUT2D eigenvalue weighted by molar-refractivity contribution is -0.130. The second-order valence-corrected chi connectivity index (χ2v) is 12.2. The molecule has 1 atom stereocenters. The van der Waals surface area contributed by atoms with Crippen molar-refractivity contribution in [1.82, 2.24) is 19.9 Å². The summed E-state index contributed by atoms with van der Waals surface area (Å²) in [7, 11) is 2.22. The highest BCUT2D eigenvalue weighted by molar-refractivity contribution is 6.60. The number of nitrogens with one attached hydrogen (secondary N) is 1. The largest absolute Gasteiger partial charge is 0.500 e. The number of amides is 2. The van der Waals surface area contributed by atoms with Gasteiger partial charge in [-0.2, -0.15) is 0 Å². The highest BCUT2D eigenvalue weighted by atomic mass is 28.4. The molecule has 0 aliphatic carbocycles. The smallest absolute Gasteiger partial charge is 0.487 e. The number of hydrogen-bond donors (Lipinski definition) is 1. The average molecular weight is 536 g/mol. The minimum absolute atomic E-state index is 0.0253. The third-order valence-corrected chi connectivity index (χ3v) is 8.98. The Hall–Kier alpha value is -2.80. The van der Waals surface area contributed by atoms with Crippen LogP contribution in [0.25, 0.3) is 0 Å². The molecule has 0 fully saturated rings. The quantitative estimate of drug-likeness (QED) is 0.257. The fourth-order valence-electron chi connectivity index (χ4n) is 4.30. The molecular formula is C25H41N5O6Si. The van der Waals surface area contributed by atoms with Crippen molar-refractivity contribution in [2.45, 2.75) is 66.3 Å². The summed E-state index contributed by atoms with van der Waals surface area (Å²) >= 11 is 0. The number of ether oxygens (including phenoxy) is 1. The van der Waals surface area contributed by atoms with E-state index in [1.807, 2.05) is 52.9 Å². The summed E-state index contributed by atoms with van der Waals surface area (Å²) in [5.41, 5.74) is 3.12. The zero-order valence-corrected chi connectivity index (χ0v) is 24.2. The maximum Gasteiger partial charge on any atom is 0.500 e. The van der Waals surface area contributed by atoms with Crippen LogP contribution in [-0.4, -0.2) is 74.9 Å². The van der Waals surface area contributed by atoms with E-state index in [0.29, 0.717) is 37.0 Å². The first-order valence-corrected chi connectivity index (χ1v) is 14.4. The summed E-state index contributed by atoms with van der Waals surface area (Å²) in [6, 6.07) is 3.84. The molecule has 2 aromatic rings. The number of carbonyl (C=O) groups is 2. The topological polar surface area (TPSA) is 117 Å². The number of aryl methyl sites for hydroxylation is 3. The molecule has 0 unspecified atom stereocenters. The van der Waals surface area contributed by atoms with Gasteiger partial charge < -0.3 is 28.2 Å². The van der Waals surface area contributed by atoms with Crippen LogP contribution >= 0.6 is 0 Å². The van der Waals surface area contributed by atoms with E-state index in [1.165, 1.54) is 4.90 Å². The van der Waals surface area contributed by atoms with Crippen LogP contribution in [0.1, 0.15) is 44.0 Å². The van der Waals surface area contributed by atoms with Gasteiger partial charge >= 0.3 is 8.80 Å². The van der Waals surface area contributed by atoms with Gasteiger partial charge in [0.2, 0.25) is 12.3 Å². The van der Waals surface area contributed by atoms with Crippen molar-refractivity contribution < 1.29 is 27.6 Å². The third kappa shape index (κ3) is 8.35. The van der Waals surface area contributed by atoms with Gasteiger partial charge in [0, 0.05) is 46.2 Å². The molecule has 0 radical (unpaired) electrons. The molecule has 0 bridgehead atoms. The molecule has 2 amide bonds. The number of aromatic nitrogens is 3. The minimum atomic E-state index is -2.63. The predicted octanol–water partition coefficient (Wildman–Crippen LogP) is 3.18. The summed E-state index contributed by atoms with van der Waals surface area (Å²) in [6.45, 7) is 11.0. The van der Waals surface area contributed by atoms with Crippen molar-refractivity contribution in [3.8, 4) is 5.75 Å².